The molecule has 0 radical (unpaired) electrons. The van der Waals surface area contributed by atoms with E-state index < -0.39 is 64.1 Å². The van der Waals surface area contributed by atoms with Crippen LogP contribution >= 0.6 is 11.3 Å². The summed E-state index contributed by atoms with van der Waals surface area (Å²) in [4.78, 5) is 97.0. The van der Waals surface area contributed by atoms with Crippen LogP contribution in [-0.4, -0.2) is 160 Å². The van der Waals surface area contributed by atoms with Crippen LogP contribution in [0.1, 0.15) is 119 Å². The number of amides is 5. The van der Waals surface area contributed by atoms with E-state index >= 15 is 4.39 Å². The van der Waals surface area contributed by atoms with E-state index in [-0.39, 0.29) is 67.0 Å². The average Bonchev–Trinajstić information content (AvgIpc) is 1.83. The molecule has 5 amide bonds. The SMILES string of the molecule is Cc1ncsc1-c1ccc(CNC(=O)[C@@H]2C[C@@H](O)CN2C(=O)[C@@H](NC(=O)CCCCCCCC(=O)NCCN2CCN(Cc3ccc(F)c(-c4ccc(N5C[C@@H](C)N(C)[C@@H](C)C5)c(NC(=O)c5c[nH]c(=O)cc5C(F)(F)F)c4)c3)CC2)C(C)(C)C)cc1. The molecule has 5 aromatic rings. The Labute approximate surface area is 510 Å². The zero-order valence-corrected chi connectivity index (χ0v) is 51.6. The molecule has 5 heterocycles. The lowest BCUT2D eigenvalue weighted by atomic mass is 9.85. The van der Waals surface area contributed by atoms with Crippen LogP contribution in [0.4, 0.5) is 28.9 Å². The molecule has 3 aliphatic rings. The summed E-state index contributed by atoms with van der Waals surface area (Å²) in [7, 11) is 2.02. The highest BCUT2D eigenvalue weighted by Crippen LogP contribution is 2.37. The number of halogens is 4. The summed E-state index contributed by atoms with van der Waals surface area (Å²) in [6.07, 6.45) is -0.620. The highest BCUT2D eigenvalue weighted by atomic mass is 32.1. The summed E-state index contributed by atoms with van der Waals surface area (Å²) in [6, 6.07) is 16.6. The Kier molecular flexibility index (Phi) is 22.2. The van der Waals surface area contributed by atoms with E-state index in [4.69, 9.17) is 0 Å². The third-order valence-electron chi connectivity index (χ3n) is 16.9. The Morgan fingerprint density at radius 2 is 1.45 bits per heavy atom. The summed E-state index contributed by atoms with van der Waals surface area (Å²) in [5.74, 6) is -2.64. The van der Waals surface area contributed by atoms with Crippen LogP contribution in [0, 0.1) is 18.2 Å². The lowest BCUT2D eigenvalue weighted by molar-refractivity contribution is -0.144. The molecule has 0 aliphatic carbocycles. The van der Waals surface area contributed by atoms with E-state index in [1.165, 1.54) is 11.0 Å². The molecule has 3 fully saturated rings. The van der Waals surface area contributed by atoms with Gasteiger partial charge in [-0.2, -0.15) is 13.2 Å². The minimum Gasteiger partial charge on any atom is -0.391 e. The zero-order valence-electron chi connectivity index (χ0n) is 50.8. The number of pyridine rings is 1. The number of likely N-dealkylation sites (N-methyl/N-ethyl adjacent to an activating group) is 1. The third-order valence-corrected chi connectivity index (χ3v) is 17.9. The number of aliphatic hydroxyl groups excluding tert-OH is 1. The van der Waals surface area contributed by atoms with Crippen molar-refractivity contribution >= 4 is 52.2 Å². The summed E-state index contributed by atoms with van der Waals surface area (Å²) < 4.78 is 57.9. The number of aryl methyl sites for hydroxylation is 1. The van der Waals surface area contributed by atoms with Crippen LogP contribution in [0.5, 0.6) is 0 Å². The largest absolute Gasteiger partial charge is 0.417 e. The molecule has 3 saturated heterocycles. The van der Waals surface area contributed by atoms with Gasteiger partial charge in [0.05, 0.1) is 44.7 Å². The van der Waals surface area contributed by atoms with Crippen molar-refractivity contribution in [3.8, 4) is 21.6 Å². The number of likely N-dealkylation sites (tertiary alicyclic amines) is 1. The second kappa shape index (κ2) is 29.3. The maximum absolute atomic E-state index is 15.8. The standard InChI is InChI=1S/C64H83F4N11O7S/c1-40-35-78(36-41(2)75(40)7)53-22-20-46(30-52(53)73-60(84)49-34-70-57(83)32-50(49)64(66,67)68)48-29-44(17-21-51(48)65)37-77-27-25-76(26-28-77)24-23-69-55(81)13-11-9-8-10-12-14-56(82)74-59(63(4,5)6)62(86)79-38-47(80)31-54(79)61(85)71-33-43-15-18-45(19-16-43)58-42(3)72-39-87-58/h15-22,29-30,32,34,39-41,47,54,59,80H,8-14,23-28,31,33,35-38H2,1-7H3,(H,69,81)(H,70,83)(H,71,85)(H,73,84)(H,74,82)/t40-,41+,47-,54+,59-/m1/s1. The van der Waals surface area contributed by atoms with Gasteiger partial charge in [0.15, 0.2) is 0 Å². The number of carbonyl (C=O) groups excluding carboxylic acids is 5. The van der Waals surface area contributed by atoms with Crippen LogP contribution in [0.15, 0.2) is 83.2 Å². The molecule has 3 aliphatic heterocycles. The van der Waals surface area contributed by atoms with Crippen LogP contribution < -0.4 is 31.7 Å². The number of anilines is 2. The predicted molar refractivity (Wildman–Crippen MR) is 329 cm³/mol. The molecule has 0 spiro atoms. The van der Waals surface area contributed by atoms with Gasteiger partial charge in [0, 0.05) is 121 Å². The Morgan fingerprint density at radius 1 is 0.805 bits per heavy atom. The van der Waals surface area contributed by atoms with E-state index in [0.717, 1.165) is 78.9 Å². The fourth-order valence-electron chi connectivity index (χ4n) is 11.6. The third kappa shape index (κ3) is 17.6. The number of rotatable bonds is 23. The predicted octanol–water partition coefficient (Wildman–Crippen LogP) is 8.19. The van der Waals surface area contributed by atoms with Gasteiger partial charge in [-0.3, -0.25) is 43.5 Å². The second-order valence-electron chi connectivity index (χ2n) is 24.6. The van der Waals surface area contributed by atoms with Gasteiger partial charge in [-0.1, -0.05) is 76.4 Å². The van der Waals surface area contributed by atoms with Crippen molar-refractivity contribution in [3.05, 3.63) is 123 Å². The Hall–Kier alpha value is -7.05. The fraction of sp³-hybridized carbons (Fsp3) is 0.516. The van der Waals surface area contributed by atoms with Crippen molar-refractivity contribution < 1.29 is 46.6 Å². The number of unbranched alkanes of at least 4 members (excludes halogenated alkanes) is 4. The Morgan fingerprint density at radius 3 is 2.10 bits per heavy atom. The quantitative estimate of drug-likeness (QED) is 0.0270. The molecule has 8 rings (SSSR count). The normalized spacial score (nSPS) is 19.2. The Bertz CT molecular complexity index is 3260. The maximum atomic E-state index is 15.8. The molecule has 18 nitrogen and oxygen atoms in total. The highest BCUT2D eigenvalue weighted by molar-refractivity contribution is 7.13. The van der Waals surface area contributed by atoms with Crippen LogP contribution in [0.2, 0.25) is 0 Å². The van der Waals surface area contributed by atoms with E-state index in [9.17, 15) is 47.0 Å². The number of thiazole rings is 1. The number of nitrogens with zero attached hydrogens (tertiary/aromatic N) is 6. The van der Waals surface area contributed by atoms with E-state index in [0.29, 0.717) is 69.3 Å². The van der Waals surface area contributed by atoms with Crippen molar-refractivity contribution in [3.63, 3.8) is 0 Å². The molecule has 0 saturated carbocycles. The number of benzene rings is 3. The maximum Gasteiger partial charge on any atom is 0.417 e. The first-order valence-electron chi connectivity index (χ1n) is 30.1. The number of H-pyrrole nitrogens is 1. The second-order valence-corrected chi connectivity index (χ2v) is 25.4. The monoisotopic (exact) mass is 1230 g/mol. The van der Waals surface area contributed by atoms with Gasteiger partial charge in [0.25, 0.3) is 5.91 Å². The van der Waals surface area contributed by atoms with E-state index in [2.05, 4.69) is 64.7 Å². The van der Waals surface area contributed by atoms with E-state index in [1.54, 1.807) is 47.2 Å². The minimum atomic E-state index is -4.97. The number of carbonyl (C=O) groups is 5. The first-order valence-corrected chi connectivity index (χ1v) is 31.0. The molecule has 2 aromatic heterocycles. The van der Waals surface area contributed by atoms with Gasteiger partial charge in [0.1, 0.15) is 17.9 Å². The van der Waals surface area contributed by atoms with Crippen LogP contribution in [-0.2, 0) is 38.4 Å². The zero-order chi connectivity index (χ0) is 62.7. The van der Waals surface area contributed by atoms with Gasteiger partial charge in [-0.05, 0) is 92.6 Å². The van der Waals surface area contributed by atoms with Gasteiger partial charge >= 0.3 is 6.18 Å². The molecule has 3 aromatic carbocycles. The number of alkyl halides is 3. The van der Waals surface area contributed by atoms with Crippen LogP contribution in [0.25, 0.3) is 21.6 Å². The van der Waals surface area contributed by atoms with Crippen molar-refractivity contribution in [2.24, 2.45) is 5.41 Å². The molecule has 0 unspecified atom stereocenters. The van der Waals surface area contributed by atoms with Crippen LogP contribution in [0.3, 0.4) is 0 Å². The molecule has 470 valence electrons. The average molecular weight is 1230 g/mol. The number of aromatic nitrogens is 2. The lowest BCUT2D eigenvalue weighted by Crippen LogP contribution is -2.57. The smallest absolute Gasteiger partial charge is 0.391 e. The minimum absolute atomic E-state index is 0.00828. The van der Waals surface area contributed by atoms with Gasteiger partial charge < -0.3 is 41.2 Å². The molecule has 23 heteroatoms. The highest BCUT2D eigenvalue weighted by Gasteiger charge is 2.45. The number of aromatic amines is 1. The van der Waals surface area contributed by atoms with E-state index in [1.807, 2.05) is 59.0 Å². The molecule has 5 atom stereocenters. The molecular weight excluding hydrogens is 1140 g/mol. The summed E-state index contributed by atoms with van der Waals surface area (Å²) in [5.41, 5.74) is 3.21. The molecule has 87 heavy (non-hydrogen) atoms. The van der Waals surface area contributed by atoms with Crippen molar-refractivity contribution in [2.45, 2.75) is 142 Å². The van der Waals surface area contributed by atoms with Gasteiger partial charge in [-0.15, -0.1) is 11.3 Å². The van der Waals surface area contributed by atoms with Crippen molar-refractivity contribution in [1.29, 1.82) is 0 Å². The number of hydrogen-bond acceptors (Lipinski definition) is 13. The topological polar surface area (TPSA) is 216 Å². The first-order chi connectivity index (χ1) is 41.3. The summed E-state index contributed by atoms with van der Waals surface area (Å²) >= 11 is 1.57. The molecule has 0 bridgehead atoms. The molecular formula is C64H83F4N11O7S. The number of β-amino-alcohol motifs (C(OH)–C–C–N with tert-alkyl or cyclic N) is 1. The van der Waals surface area contributed by atoms with Crippen molar-refractivity contribution in [2.75, 3.05) is 76.2 Å². The summed E-state index contributed by atoms with van der Waals surface area (Å²) in [5, 5.41) is 22.2. The molecule has 6 N–H and O–H groups in total. The first kappa shape index (κ1) is 65.9. The summed E-state index contributed by atoms with van der Waals surface area (Å²) in [6.45, 7) is 17.8. The van der Waals surface area contributed by atoms with Crippen molar-refractivity contribution in [1.82, 2.24) is 45.5 Å². The number of aliphatic hydroxyl groups is 1. The lowest BCUT2D eigenvalue weighted by Gasteiger charge is -2.44. The van der Waals surface area contributed by atoms with Gasteiger partial charge in [0.2, 0.25) is 29.2 Å². The fourth-order valence-corrected chi connectivity index (χ4v) is 12.5. The number of nitrogens with one attached hydrogen (secondary N) is 5. The number of hydrogen-bond donors (Lipinski definition) is 6. The van der Waals surface area contributed by atoms with Gasteiger partial charge in [-0.25, -0.2) is 9.37 Å². The Balaban J connectivity index is 0.732. The number of piperazine rings is 2.